The number of carbonyl (C=O) groups excluding carboxylic acids is 2. The second-order valence-electron chi connectivity index (χ2n) is 7.28. The fourth-order valence-corrected chi connectivity index (χ4v) is 5.27. The van der Waals surface area contributed by atoms with Gasteiger partial charge in [-0.05, 0) is 18.5 Å². The minimum atomic E-state index is -0.335. The van der Waals surface area contributed by atoms with E-state index in [1.807, 2.05) is 28.0 Å². The molecule has 2 aliphatic rings. The molecule has 2 atom stereocenters. The predicted molar refractivity (Wildman–Crippen MR) is 110 cm³/mol. The highest BCUT2D eigenvalue weighted by Crippen LogP contribution is 2.42. The van der Waals surface area contributed by atoms with Gasteiger partial charge in [0.2, 0.25) is 11.8 Å². The Morgan fingerprint density at radius 3 is 2.41 bits per heavy atom. The lowest BCUT2D eigenvalue weighted by Gasteiger charge is -2.37. The minimum Gasteiger partial charge on any atom is -0.338 e. The van der Waals surface area contributed by atoms with Crippen LogP contribution in [0.4, 0.5) is 0 Å². The van der Waals surface area contributed by atoms with E-state index < -0.39 is 0 Å². The molecule has 3 rings (SSSR count). The molecule has 2 saturated heterocycles. The maximum atomic E-state index is 13.3. The van der Waals surface area contributed by atoms with Crippen LogP contribution >= 0.6 is 11.8 Å². The first kappa shape index (κ1) is 20.2. The molecule has 1 aromatic carbocycles. The Morgan fingerprint density at radius 1 is 1.07 bits per heavy atom. The van der Waals surface area contributed by atoms with Gasteiger partial charge < -0.3 is 14.7 Å². The number of thioether (sulfide) groups is 1. The van der Waals surface area contributed by atoms with Crippen molar-refractivity contribution >= 4 is 23.6 Å². The van der Waals surface area contributed by atoms with Crippen LogP contribution in [-0.4, -0.2) is 71.0 Å². The number of rotatable bonds is 6. The van der Waals surface area contributed by atoms with E-state index >= 15 is 0 Å². The second-order valence-corrected chi connectivity index (χ2v) is 8.39. The van der Waals surface area contributed by atoms with Gasteiger partial charge in [0.1, 0.15) is 11.4 Å². The highest BCUT2D eigenvalue weighted by atomic mass is 32.2. The van der Waals surface area contributed by atoms with Gasteiger partial charge in [-0.15, -0.1) is 11.8 Å². The zero-order valence-corrected chi connectivity index (χ0v) is 17.3. The summed E-state index contributed by atoms with van der Waals surface area (Å²) in [5.41, 5.74) is 1.11. The fraction of sp³-hybridized carbons (Fsp3) is 0.619. The molecular weight excluding hydrogens is 358 g/mol. The molecule has 0 spiro atoms. The van der Waals surface area contributed by atoms with Gasteiger partial charge in [-0.25, -0.2) is 0 Å². The molecule has 2 heterocycles. The molecule has 0 aromatic heterocycles. The smallest absolute Gasteiger partial charge is 0.246 e. The Kier molecular flexibility index (Phi) is 7.19. The van der Waals surface area contributed by atoms with E-state index in [4.69, 9.17) is 0 Å². The van der Waals surface area contributed by atoms with Crippen molar-refractivity contribution < 1.29 is 9.59 Å². The largest absolute Gasteiger partial charge is 0.338 e. The van der Waals surface area contributed by atoms with Crippen LogP contribution in [-0.2, 0) is 9.59 Å². The lowest BCUT2D eigenvalue weighted by molar-refractivity contribution is -0.146. The van der Waals surface area contributed by atoms with E-state index in [1.165, 1.54) is 0 Å². The number of hydrogen-bond donors (Lipinski definition) is 0. The average molecular weight is 390 g/mol. The van der Waals surface area contributed by atoms with Crippen molar-refractivity contribution in [2.75, 3.05) is 38.5 Å². The van der Waals surface area contributed by atoms with Gasteiger partial charge in [0.25, 0.3) is 0 Å². The van der Waals surface area contributed by atoms with Crippen molar-refractivity contribution in [2.45, 2.75) is 44.5 Å². The molecule has 0 N–H and O–H groups in total. The van der Waals surface area contributed by atoms with Gasteiger partial charge in [0.05, 0.1) is 0 Å². The molecule has 148 valence electrons. The summed E-state index contributed by atoms with van der Waals surface area (Å²) in [4.78, 5) is 32.5. The summed E-state index contributed by atoms with van der Waals surface area (Å²) in [6.07, 6.45) is 2.38. The number of likely N-dealkylation sites (N-methyl/N-ethyl adjacent to an activating group) is 1. The van der Waals surface area contributed by atoms with Gasteiger partial charge in [-0.2, -0.15) is 0 Å². The van der Waals surface area contributed by atoms with Crippen molar-refractivity contribution in [2.24, 2.45) is 0 Å². The number of benzene rings is 1. The molecule has 6 heteroatoms. The van der Waals surface area contributed by atoms with Gasteiger partial charge in [-0.1, -0.05) is 50.6 Å². The predicted octanol–water partition coefficient (Wildman–Crippen LogP) is 2.98. The highest BCUT2D eigenvalue weighted by Gasteiger charge is 2.43. The Balaban J connectivity index is 1.76. The quantitative estimate of drug-likeness (QED) is 0.750. The normalized spacial score (nSPS) is 23.6. The minimum absolute atomic E-state index is 0.0542. The maximum Gasteiger partial charge on any atom is 0.246 e. The van der Waals surface area contributed by atoms with E-state index in [1.54, 1.807) is 11.8 Å². The van der Waals surface area contributed by atoms with Gasteiger partial charge in [-0.3, -0.25) is 9.59 Å². The highest BCUT2D eigenvalue weighted by molar-refractivity contribution is 7.99. The lowest BCUT2D eigenvalue weighted by Crippen LogP contribution is -2.55. The van der Waals surface area contributed by atoms with Gasteiger partial charge >= 0.3 is 0 Å². The third kappa shape index (κ3) is 4.66. The molecule has 27 heavy (non-hydrogen) atoms. The van der Waals surface area contributed by atoms with Crippen molar-refractivity contribution in [3.05, 3.63) is 35.9 Å². The Hall–Kier alpha value is -1.53. The average Bonchev–Trinajstić information content (AvgIpc) is 3.17. The summed E-state index contributed by atoms with van der Waals surface area (Å²) in [6.45, 7) is 8.66. The number of unbranched alkanes of at least 4 members (excludes halogenated alkanes) is 1. The SMILES string of the molecule is CCCCC(=O)N1C(C(=O)N2CCN(CC)CC2)CSC1c1ccccc1. The van der Waals surface area contributed by atoms with E-state index in [-0.39, 0.29) is 23.2 Å². The zero-order valence-electron chi connectivity index (χ0n) is 16.5. The van der Waals surface area contributed by atoms with Crippen molar-refractivity contribution in [1.82, 2.24) is 14.7 Å². The second kappa shape index (κ2) is 9.60. The Morgan fingerprint density at radius 2 is 1.78 bits per heavy atom. The first-order chi connectivity index (χ1) is 13.2. The molecule has 2 unspecified atom stereocenters. The van der Waals surface area contributed by atoms with E-state index in [9.17, 15) is 9.59 Å². The summed E-state index contributed by atoms with van der Waals surface area (Å²) in [7, 11) is 0. The van der Waals surface area contributed by atoms with Crippen LogP contribution in [0.2, 0.25) is 0 Å². The van der Waals surface area contributed by atoms with Crippen LogP contribution in [0, 0.1) is 0 Å². The number of nitrogens with zero attached hydrogens (tertiary/aromatic N) is 3. The van der Waals surface area contributed by atoms with Crippen LogP contribution in [0.15, 0.2) is 30.3 Å². The summed E-state index contributed by atoms with van der Waals surface area (Å²) in [5, 5.41) is -0.0542. The van der Waals surface area contributed by atoms with Crippen molar-refractivity contribution in [3.63, 3.8) is 0 Å². The molecule has 0 radical (unpaired) electrons. The van der Waals surface area contributed by atoms with Crippen LogP contribution in [0.1, 0.15) is 44.0 Å². The number of carbonyl (C=O) groups is 2. The summed E-state index contributed by atoms with van der Waals surface area (Å²) in [6, 6.07) is 9.78. The lowest BCUT2D eigenvalue weighted by atomic mass is 10.1. The van der Waals surface area contributed by atoms with Gasteiger partial charge in [0.15, 0.2) is 0 Å². The fourth-order valence-electron chi connectivity index (χ4n) is 3.83. The molecule has 5 nitrogen and oxygen atoms in total. The molecule has 0 aliphatic carbocycles. The van der Waals surface area contributed by atoms with Crippen LogP contribution in [0.25, 0.3) is 0 Å². The molecule has 2 aliphatic heterocycles. The van der Waals surface area contributed by atoms with Crippen LogP contribution in [0.3, 0.4) is 0 Å². The van der Waals surface area contributed by atoms with Gasteiger partial charge in [0, 0.05) is 38.4 Å². The molecule has 2 fully saturated rings. The molecule has 0 saturated carbocycles. The van der Waals surface area contributed by atoms with E-state index in [0.717, 1.165) is 51.1 Å². The number of hydrogen-bond acceptors (Lipinski definition) is 4. The summed E-state index contributed by atoms with van der Waals surface area (Å²) < 4.78 is 0. The molecule has 1 aromatic rings. The first-order valence-corrected chi connectivity index (χ1v) is 11.2. The number of piperazine rings is 1. The molecular formula is C21H31N3O2S. The monoisotopic (exact) mass is 389 g/mol. The third-order valence-electron chi connectivity index (χ3n) is 5.53. The van der Waals surface area contributed by atoms with Crippen molar-refractivity contribution in [3.8, 4) is 0 Å². The van der Waals surface area contributed by atoms with Crippen LogP contribution in [0.5, 0.6) is 0 Å². The first-order valence-electron chi connectivity index (χ1n) is 10.1. The summed E-state index contributed by atoms with van der Waals surface area (Å²) >= 11 is 1.72. The van der Waals surface area contributed by atoms with E-state index in [2.05, 4.69) is 30.9 Å². The van der Waals surface area contributed by atoms with Crippen LogP contribution < -0.4 is 0 Å². The Bertz CT molecular complexity index is 632. The maximum absolute atomic E-state index is 13.3. The topological polar surface area (TPSA) is 43.9 Å². The Labute approximate surface area is 167 Å². The summed E-state index contributed by atoms with van der Waals surface area (Å²) in [5.74, 6) is 0.923. The molecule has 2 amide bonds. The zero-order chi connectivity index (χ0) is 19.2. The van der Waals surface area contributed by atoms with E-state index in [0.29, 0.717) is 12.2 Å². The third-order valence-corrected chi connectivity index (χ3v) is 6.86. The van der Waals surface area contributed by atoms with Crippen molar-refractivity contribution in [1.29, 1.82) is 0 Å². The molecule has 0 bridgehead atoms. The standard InChI is InChI=1S/C21H31N3O2S/c1-3-5-11-19(25)24-18(16-27-21(24)17-9-7-6-8-10-17)20(26)23-14-12-22(4-2)13-15-23/h6-10,18,21H,3-5,11-16H2,1-2H3. The number of amides is 2.